The van der Waals surface area contributed by atoms with Crippen LogP contribution in [-0.2, 0) is 14.8 Å². The second-order valence-electron chi connectivity index (χ2n) is 8.30. The van der Waals surface area contributed by atoms with Crippen molar-refractivity contribution in [3.63, 3.8) is 0 Å². The Balaban J connectivity index is 1.36. The maximum absolute atomic E-state index is 12.5. The third-order valence-electron chi connectivity index (χ3n) is 6.18. The zero-order chi connectivity index (χ0) is 21.4. The van der Waals surface area contributed by atoms with Crippen molar-refractivity contribution in [2.24, 2.45) is 0 Å². The summed E-state index contributed by atoms with van der Waals surface area (Å²) in [5.41, 5.74) is -0.119. The summed E-state index contributed by atoms with van der Waals surface area (Å²) in [5.74, 6) is 1.09. The molecule has 0 aromatic heterocycles. The number of likely N-dealkylation sites (tertiary alicyclic amines) is 1. The number of piperidine rings is 1. The smallest absolute Gasteiger partial charge is 0.238 e. The number of carbonyl (C=O) groups excluding carboxylic acids is 1. The Morgan fingerprint density at radius 1 is 1.20 bits per heavy atom. The van der Waals surface area contributed by atoms with E-state index in [0.29, 0.717) is 56.3 Å². The zero-order valence-corrected chi connectivity index (χ0v) is 18.0. The average molecular weight is 440 g/mol. The van der Waals surface area contributed by atoms with Crippen LogP contribution in [0.2, 0.25) is 0 Å². The molecule has 2 N–H and O–H groups in total. The Hall–Kier alpha value is -1.88. The predicted octanol–water partition coefficient (Wildman–Crippen LogP) is 0.647. The number of nitrogens with zero attached hydrogens (tertiary/aromatic N) is 2. The van der Waals surface area contributed by atoms with E-state index >= 15 is 0 Å². The van der Waals surface area contributed by atoms with Gasteiger partial charge in [0.1, 0.15) is 0 Å². The molecule has 0 radical (unpaired) electrons. The van der Waals surface area contributed by atoms with Crippen LogP contribution in [0.15, 0.2) is 18.2 Å². The summed E-state index contributed by atoms with van der Waals surface area (Å²) in [6.45, 7) is 2.57. The van der Waals surface area contributed by atoms with Crippen molar-refractivity contribution in [2.45, 2.75) is 37.3 Å². The van der Waals surface area contributed by atoms with Crippen LogP contribution in [0.3, 0.4) is 0 Å². The average Bonchev–Trinajstić information content (AvgIpc) is 2.98. The fraction of sp³-hybridized carbons (Fsp3) is 0.650. The first kappa shape index (κ1) is 21.4. The number of ether oxygens (including phenoxy) is 2. The van der Waals surface area contributed by atoms with Gasteiger partial charge >= 0.3 is 0 Å². The first-order valence-electron chi connectivity index (χ1n) is 10.4. The second kappa shape index (κ2) is 8.33. The molecule has 0 saturated carbocycles. The van der Waals surface area contributed by atoms with E-state index in [0.717, 1.165) is 12.8 Å². The highest BCUT2D eigenvalue weighted by atomic mass is 32.2. The Bertz CT molecular complexity index is 908. The molecule has 10 heteroatoms. The molecule has 0 aliphatic carbocycles. The summed E-state index contributed by atoms with van der Waals surface area (Å²) < 4.78 is 37.0. The molecule has 1 amide bonds. The summed E-state index contributed by atoms with van der Waals surface area (Å²) in [4.78, 5) is 14.4. The Morgan fingerprint density at radius 2 is 1.97 bits per heavy atom. The molecule has 0 bridgehead atoms. The van der Waals surface area contributed by atoms with Gasteiger partial charge in [0.25, 0.3) is 0 Å². The third-order valence-corrected chi connectivity index (χ3v) is 7.53. The van der Waals surface area contributed by atoms with Crippen molar-refractivity contribution in [1.82, 2.24) is 9.21 Å². The van der Waals surface area contributed by atoms with E-state index in [1.54, 1.807) is 18.2 Å². The van der Waals surface area contributed by atoms with E-state index in [9.17, 15) is 18.3 Å². The molecule has 2 saturated heterocycles. The van der Waals surface area contributed by atoms with Gasteiger partial charge in [0.2, 0.25) is 15.9 Å². The second-order valence-corrected chi connectivity index (χ2v) is 10.2. The highest BCUT2D eigenvalue weighted by molar-refractivity contribution is 7.88. The molecular formula is C20H29N3O6S. The number of β-amino-alcohol motifs (C(OH)–C–C–N with tert-alkyl or cyclic N) is 1. The van der Waals surface area contributed by atoms with Crippen LogP contribution in [0.1, 0.15) is 25.7 Å². The lowest BCUT2D eigenvalue weighted by atomic mass is 9.83. The van der Waals surface area contributed by atoms with Crippen molar-refractivity contribution in [3.05, 3.63) is 18.2 Å². The maximum Gasteiger partial charge on any atom is 0.238 e. The van der Waals surface area contributed by atoms with E-state index in [2.05, 4.69) is 5.32 Å². The fourth-order valence-corrected chi connectivity index (χ4v) is 6.19. The summed E-state index contributed by atoms with van der Waals surface area (Å²) in [7, 11) is -3.38. The van der Waals surface area contributed by atoms with E-state index in [4.69, 9.17) is 9.47 Å². The van der Waals surface area contributed by atoms with Crippen LogP contribution >= 0.6 is 0 Å². The van der Waals surface area contributed by atoms with Gasteiger partial charge in [-0.25, -0.2) is 8.42 Å². The molecule has 1 aromatic rings. The van der Waals surface area contributed by atoms with Crippen molar-refractivity contribution >= 4 is 21.6 Å². The summed E-state index contributed by atoms with van der Waals surface area (Å²) in [5, 5.41) is 13.7. The minimum atomic E-state index is -3.38. The number of aliphatic hydroxyl groups is 1. The summed E-state index contributed by atoms with van der Waals surface area (Å²) in [6.07, 6.45) is 3.09. The van der Waals surface area contributed by atoms with Gasteiger partial charge in [0, 0.05) is 37.8 Å². The van der Waals surface area contributed by atoms with Gasteiger partial charge in [0.05, 0.1) is 37.7 Å². The van der Waals surface area contributed by atoms with Crippen LogP contribution < -0.4 is 14.8 Å². The molecule has 30 heavy (non-hydrogen) atoms. The molecule has 2 atom stereocenters. The largest absolute Gasteiger partial charge is 0.490 e. The standard InChI is InChI=1S/C20H29N3O6S/c1-30(26,27)23-8-2-6-20(23)7-9-22(13-18(20)24)14-19(25)21-15-4-5-16-17(12-15)29-11-3-10-28-16/h4-5,12,18,24H,2-3,6-11,13-14H2,1H3,(H,21,25)/t18-,20-/m0/s1. The van der Waals surface area contributed by atoms with E-state index in [1.165, 1.54) is 10.6 Å². The SMILES string of the molecule is CS(=O)(=O)N1CCC[C@@]12CCN(CC(=O)Nc1ccc3c(c1)OCCCO3)C[C@@H]2O. The molecule has 1 aromatic carbocycles. The van der Waals surface area contributed by atoms with Crippen LogP contribution in [0, 0.1) is 0 Å². The number of rotatable bonds is 4. The van der Waals surface area contributed by atoms with Gasteiger partial charge in [-0.3, -0.25) is 9.69 Å². The van der Waals surface area contributed by atoms with Gasteiger partial charge in [-0.05, 0) is 31.4 Å². The van der Waals surface area contributed by atoms with Crippen LogP contribution in [0.5, 0.6) is 11.5 Å². The molecule has 0 unspecified atom stereocenters. The number of hydrogen-bond acceptors (Lipinski definition) is 7. The maximum atomic E-state index is 12.5. The van der Waals surface area contributed by atoms with Crippen LogP contribution in [-0.4, -0.2) is 85.9 Å². The van der Waals surface area contributed by atoms with Gasteiger partial charge < -0.3 is 19.9 Å². The lowest BCUT2D eigenvalue weighted by Crippen LogP contribution is -2.63. The first-order chi connectivity index (χ1) is 14.3. The number of fused-ring (bicyclic) bond motifs is 1. The molecule has 3 heterocycles. The van der Waals surface area contributed by atoms with E-state index in [1.807, 2.05) is 4.90 Å². The monoisotopic (exact) mass is 439 g/mol. The number of amides is 1. The van der Waals surface area contributed by atoms with Gasteiger partial charge in [-0.1, -0.05) is 0 Å². The van der Waals surface area contributed by atoms with Gasteiger partial charge in [0.15, 0.2) is 11.5 Å². The number of nitrogens with one attached hydrogen (secondary N) is 1. The quantitative estimate of drug-likeness (QED) is 0.709. The number of benzene rings is 1. The molecular weight excluding hydrogens is 410 g/mol. The number of carbonyl (C=O) groups is 1. The Morgan fingerprint density at radius 3 is 2.70 bits per heavy atom. The molecule has 4 rings (SSSR count). The van der Waals surface area contributed by atoms with Crippen LogP contribution in [0.25, 0.3) is 0 Å². The Labute approximate surface area is 177 Å². The zero-order valence-electron chi connectivity index (χ0n) is 17.2. The minimum Gasteiger partial charge on any atom is -0.490 e. The van der Waals surface area contributed by atoms with Crippen molar-refractivity contribution in [2.75, 3.05) is 51.0 Å². The normalized spacial score (nSPS) is 27.7. The number of aliphatic hydroxyl groups excluding tert-OH is 1. The molecule has 3 aliphatic rings. The Kier molecular flexibility index (Phi) is 5.93. The first-order valence-corrected chi connectivity index (χ1v) is 12.2. The summed E-state index contributed by atoms with van der Waals surface area (Å²) >= 11 is 0. The summed E-state index contributed by atoms with van der Waals surface area (Å²) in [6, 6.07) is 5.31. The van der Waals surface area contributed by atoms with E-state index < -0.39 is 21.7 Å². The fourth-order valence-electron chi connectivity index (χ4n) is 4.77. The predicted molar refractivity (Wildman–Crippen MR) is 111 cm³/mol. The molecule has 166 valence electrons. The van der Waals surface area contributed by atoms with Crippen molar-refractivity contribution < 1.29 is 27.8 Å². The highest BCUT2D eigenvalue weighted by Crippen LogP contribution is 2.40. The lowest BCUT2D eigenvalue weighted by Gasteiger charge is -2.47. The molecule has 9 nitrogen and oxygen atoms in total. The molecule has 3 aliphatic heterocycles. The number of hydrogen-bond donors (Lipinski definition) is 2. The van der Waals surface area contributed by atoms with Crippen molar-refractivity contribution in [3.8, 4) is 11.5 Å². The minimum absolute atomic E-state index is 0.125. The molecule has 2 fully saturated rings. The number of anilines is 1. The third kappa shape index (κ3) is 4.27. The van der Waals surface area contributed by atoms with Gasteiger partial charge in [-0.15, -0.1) is 0 Å². The van der Waals surface area contributed by atoms with Gasteiger partial charge in [-0.2, -0.15) is 4.31 Å². The molecule has 1 spiro atoms. The topological polar surface area (TPSA) is 108 Å². The van der Waals surface area contributed by atoms with Crippen molar-refractivity contribution in [1.29, 1.82) is 0 Å². The highest BCUT2D eigenvalue weighted by Gasteiger charge is 2.52. The number of sulfonamides is 1. The van der Waals surface area contributed by atoms with Crippen LogP contribution in [0.4, 0.5) is 5.69 Å². The van der Waals surface area contributed by atoms with E-state index in [-0.39, 0.29) is 19.0 Å². The lowest BCUT2D eigenvalue weighted by molar-refractivity contribution is -0.119.